The van der Waals surface area contributed by atoms with Crippen molar-refractivity contribution >= 4 is 11.6 Å². The number of amides is 1. The lowest BCUT2D eigenvalue weighted by Crippen LogP contribution is -2.17. The number of hydrogen-bond donors (Lipinski definition) is 1. The van der Waals surface area contributed by atoms with E-state index >= 15 is 0 Å². The third-order valence-corrected chi connectivity index (χ3v) is 2.80. The maximum atomic E-state index is 11.5. The van der Waals surface area contributed by atoms with Gasteiger partial charge in [0.05, 0.1) is 18.1 Å². The van der Waals surface area contributed by atoms with Crippen molar-refractivity contribution in [1.29, 1.82) is 0 Å². The second kappa shape index (κ2) is 4.20. The molecule has 0 bridgehead atoms. The molecule has 0 saturated heterocycles. The minimum absolute atomic E-state index is 0.216. The van der Waals surface area contributed by atoms with Crippen LogP contribution in [0.3, 0.4) is 0 Å². The Labute approximate surface area is 108 Å². The second-order valence-corrected chi connectivity index (χ2v) is 4.15. The first-order valence-electron chi connectivity index (χ1n) is 5.73. The van der Waals surface area contributed by atoms with Gasteiger partial charge in [0.2, 0.25) is 0 Å². The number of aromatic nitrogens is 5. The predicted molar refractivity (Wildman–Crippen MR) is 68.6 cm³/mol. The van der Waals surface area contributed by atoms with Crippen LogP contribution in [-0.2, 0) is 7.05 Å². The lowest BCUT2D eigenvalue weighted by Gasteiger charge is -1.97. The molecule has 1 amide bonds. The molecule has 0 fully saturated rings. The van der Waals surface area contributed by atoms with Crippen LogP contribution in [0.25, 0.3) is 16.9 Å². The first kappa shape index (κ1) is 11.4. The van der Waals surface area contributed by atoms with E-state index in [2.05, 4.69) is 20.4 Å². The summed E-state index contributed by atoms with van der Waals surface area (Å²) in [6.07, 6.45) is 8.76. The summed E-state index contributed by atoms with van der Waals surface area (Å²) in [5.74, 6) is -0.216. The molecular formula is C12H12N6O. The van der Waals surface area contributed by atoms with Gasteiger partial charge in [0.25, 0.3) is 5.91 Å². The average molecular weight is 256 g/mol. The Morgan fingerprint density at radius 2 is 2.11 bits per heavy atom. The molecule has 0 unspecified atom stereocenters. The Balaban J connectivity index is 2.08. The van der Waals surface area contributed by atoms with Crippen LogP contribution < -0.4 is 5.32 Å². The van der Waals surface area contributed by atoms with Gasteiger partial charge < -0.3 is 9.72 Å². The monoisotopic (exact) mass is 256 g/mol. The van der Waals surface area contributed by atoms with Gasteiger partial charge >= 0.3 is 0 Å². The summed E-state index contributed by atoms with van der Waals surface area (Å²) < 4.78 is 3.49. The van der Waals surface area contributed by atoms with Gasteiger partial charge in [0.1, 0.15) is 5.69 Å². The van der Waals surface area contributed by atoms with Crippen molar-refractivity contribution in [2.75, 3.05) is 7.05 Å². The van der Waals surface area contributed by atoms with Crippen molar-refractivity contribution in [2.24, 2.45) is 7.05 Å². The summed E-state index contributed by atoms with van der Waals surface area (Å²) in [4.78, 5) is 20.0. The lowest BCUT2D eigenvalue weighted by atomic mass is 10.3. The molecule has 3 heterocycles. The topological polar surface area (TPSA) is 77.1 Å². The van der Waals surface area contributed by atoms with E-state index in [0.29, 0.717) is 11.3 Å². The Morgan fingerprint density at radius 3 is 2.79 bits per heavy atom. The standard InChI is InChI=1S/C12H12N6O/c1-13-12(19)10-7-18-6-9(14-4-11(18)16-10)8-3-15-17(2)5-8/h3-7H,1-2H3,(H,13,19). The van der Waals surface area contributed by atoms with Gasteiger partial charge in [-0.1, -0.05) is 0 Å². The normalized spacial score (nSPS) is 10.8. The fourth-order valence-corrected chi connectivity index (χ4v) is 1.84. The van der Waals surface area contributed by atoms with Crippen LogP contribution in [-0.4, -0.2) is 37.1 Å². The molecule has 0 atom stereocenters. The van der Waals surface area contributed by atoms with Gasteiger partial charge in [-0.05, 0) is 0 Å². The molecule has 7 heteroatoms. The maximum Gasteiger partial charge on any atom is 0.271 e. The second-order valence-electron chi connectivity index (χ2n) is 4.15. The number of carbonyl (C=O) groups excluding carboxylic acids is 1. The fraction of sp³-hybridized carbons (Fsp3) is 0.167. The van der Waals surface area contributed by atoms with E-state index in [1.807, 2.05) is 19.4 Å². The van der Waals surface area contributed by atoms with Crippen LogP contribution >= 0.6 is 0 Å². The third kappa shape index (κ3) is 1.95. The van der Waals surface area contributed by atoms with Crippen LogP contribution in [0, 0.1) is 0 Å². The summed E-state index contributed by atoms with van der Waals surface area (Å²) in [6, 6.07) is 0. The first-order valence-corrected chi connectivity index (χ1v) is 5.73. The number of rotatable bonds is 2. The molecule has 0 radical (unpaired) electrons. The molecule has 0 saturated carbocycles. The minimum Gasteiger partial charge on any atom is -0.354 e. The number of aryl methyl sites for hydroxylation is 1. The SMILES string of the molecule is CNC(=O)c1cn2cc(-c3cnn(C)c3)ncc2n1. The van der Waals surface area contributed by atoms with Gasteiger partial charge in [0, 0.05) is 38.2 Å². The zero-order valence-corrected chi connectivity index (χ0v) is 10.5. The smallest absolute Gasteiger partial charge is 0.271 e. The van der Waals surface area contributed by atoms with Crippen molar-refractivity contribution in [2.45, 2.75) is 0 Å². The largest absolute Gasteiger partial charge is 0.354 e. The number of nitrogens with zero attached hydrogens (tertiary/aromatic N) is 5. The van der Waals surface area contributed by atoms with Crippen LogP contribution in [0.15, 0.2) is 31.0 Å². The van der Waals surface area contributed by atoms with E-state index in [9.17, 15) is 4.79 Å². The highest BCUT2D eigenvalue weighted by atomic mass is 16.1. The van der Waals surface area contributed by atoms with Gasteiger partial charge in [0.15, 0.2) is 5.65 Å². The molecule has 7 nitrogen and oxygen atoms in total. The Bertz CT molecular complexity index is 757. The average Bonchev–Trinajstić information content (AvgIpc) is 3.02. The highest BCUT2D eigenvalue weighted by Gasteiger charge is 2.10. The zero-order chi connectivity index (χ0) is 13.4. The zero-order valence-electron chi connectivity index (χ0n) is 10.5. The van der Waals surface area contributed by atoms with Crippen molar-refractivity contribution in [3.8, 4) is 11.3 Å². The first-order chi connectivity index (χ1) is 9.17. The molecule has 19 heavy (non-hydrogen) atoms. The molecule has 3 rings (SSSR count). The molecule has 0 aromatic carbocycles. The summed E-state index contributed by atoms with van der Waals surface area (Å²) in [5.41, 5.74) is 2.69. The van der Waals surface area contributed by atoms with Crippen LogP contribution in [0.2, 0.25) is 0 Å². The molecule has 3 aromatic rings. The number of hydrogen-bond acceptors (Lipinski definition) is 4. The molecule has 0 aliphatic carbocycles. The third-order valence-electron chi connectivity index (χ3n) is 2.80. The van der Waals surface area contributed by atoms with Gasteiger partial charge in [-0.3, -0.25) is 14.5 Å². The van der Waals surface area contributed by atoms with E-state index in [-0.39, 0.29) is 5.91 Å². The van der Waals surface area contributed by atoms with Gasteiger partial charge in [-0.15, -0.1) is 0 Å². The molecular weight excluding hydrogens is 244 g/mol. The van der Waals surface area contributed by atoms with E-state index in [4.69, 9.17) is 0 Å². The number of imidazole rings is 1. The van der Waals surface area contributed by atoms with Crippen molar-refractivity contribution in [3.63, 3.8) is 0 Å². The summed E-state index contributed by atoms with van der Waals surface area (Å²) >= 11 is 0. The van der Waals surface area contributed by atoms with Crippen LogP contribution in [0.5, 0.6) is 0 Å². The quantitative estimate of drug-likeness (QED) is 0.724. The van der Waals surface area contributed by atoms with E-state index in [1.165, 1.54) is 0 Å². The highest BCUT2D eigenvalue weighted by Crippen LogP contribution is 2.16. The summed E-state index contributed by atoms with van der Waals surface area (Å²) in [5, 5.41) is 6.65. The molecule has 0 spiro atoms. The maximum absolute atomic E-state index is 11.5. The number of carbonyl (C=O) groups is 1. The van der Waals surface area contributed by atoms with Gasteiger partial charge in [-0.2, -0.15) is 5.10 Å². The Kier molecular flexibility index (Phi) is 2.52. The molecule has 0 aliphatic heterocycles. The van der Waals surface area contributed by atoms with Gasteiger partial charge in [-0.25, -0.2) is 4.98 Å². The fourth-order valence-electron chi connectivity index (χ4n) is 1.84. The van der Waals surface area contributed by atoms with E-state index in [0.717, 1.165) is 11.3 Å². The van der Waals surface area contributed by atoms with E-state index < -0.39 is 0 Å². The van der Waals surface area contributed by atoms with Crippen molar-refractivity contribution in [3.05, 3.63) is 36.7 Å². The summed E-state index contributed by atoms with van der Waals surface area (Å²) in [6.45, 7) is 0. The summed E-state index contributed by atoms with van der Waals surface area (Å²) in [7, 11) is 3.43. The van der Waals surface area contributed by atoms with Crippen LogP contribution in [0.1, 0.15) is 10.5 Å². The van der Waals surface area contributed by atoms with E-state index in [1.54, 1.807) is 34.7 Å². The minimum atomic E-state index is -0.216. The molecule has 96 valence electrons. The Morgan fingerprint density at radius 1 is 1.26 bits per heavy atom. The molecule has 0 aliphatic rings. The van der Waals surface area contributed by atoms with Crippen molar-refractivity contribution < 1.29 is 4.79 Å². The Hall–Kier alpha value is -2.70. The van der Waals surface area contributed by atoms with Crippen LogP contribution in [0.4, 0.5) is 0 Å². The lowest BCUT2D eigenvalue weighted by molar-refractivity contribution is 0.0959. The van der Waals surface area contributed by atoms with Crippen molar-refractivity contribution in [1.82, 2.24) is 29.5 Å². The highest BCUT2D eigenvalue weighted by molar-refractivity contribution is 5.92. The molecule has 3 aromatic heterocycles. The number of nitrogens with one attached hydrogen (secondary N) is 1. The predicted octanol–water partition coefficient (Wildman–Crippen LogP) is 0.489. The molecule has 1 N–H and O–H groups in total. The number of fused-ring (bicyclic) bond motifs is 1.